The van der Waals surface area contributed by atoms with Crippen molar-refractivity contribution in [2.24, 2.45) is 5.10 Å². The Kier molecular flexibility index (Phi) is 6.01. The van der Waals surface area contributed by atoms with Crippen molar-refractivity contribution < 1.29 is 9.47 Å². The van der Waals surface area contributed by atoms with E-state index in [0.717, 1.165) is 37.5 Å². The van der Waals surface area contributed by atoms with Gasteiger partial charge < -0.3 is 25.0 Å². The smallest absolute Gasteiger partial charge is 0.250 e. The number of nitrogens with zero attached hydrogens (tertiary/aromatic N) is 6. The predicted octanol–water partition coefficient (Wildman–Crippen LogP) is 0.963. The molecule has 1 aromatic carbocycles. The fourth-order valence-corrected chi connectivity index (χ4v) is 3.18. The van der Waals surface area contributed by atoms with Gasteiger partial charge >= 0.3 is 0 Å². The number of nitrogen functional groups attached to an aromatic ring is 1. The topological polar surface area (TPSA) is 114 Å². The van der Waals surface area contributed by atoms with Crippen LogP contribution in [0.2, 0.25) is 0 Å². The summed E-state index contributed by atoms with van der Waals surface area (Å²) in [6.45, 7) is 7.54. The molecule has 3 heterocycles. The third kappa shape index (κ3) is 4.90. The van der Waals surface area contributed by atoms with Gasteiger partial charge in [-0.25, -0.2) is 5.43 Å². The fourth-order valence-electron chi connectivity index (χ4n) is 3.18. The van der Waals surface area contributed by atoms with Gasteiger partial charge in [-0.15, -0.1) is 0 Å². The molecule has 2 aliphatic heterocycles. The summed E-state index contributed by atoms with van der Waals surface area (Å²) in [5.41, 5.74) is 11.3. The van der Waals surface area contributed by atoms with E-state index in [0.29, 0.717) is 50.0 Å². The van der Waals surface area contributed by atoms with Crippen LogP contribution in [0, 0.1) is 0 Å². The molecular formula is C19H26N8O2. The highest BCUT2D eigenvalue weighted by molar-refractivity contribution is 5.99. The van der Waals surface area contributed by atoms with Crippen molar-refractivity contribution in [2.45, 2.75) is 6.92 Å². The van der Waals surface area contributed by atoms with E-state index >= 15 is 0 Å². The lowest BCUT2D eigenvalue weighted by atomic mass is 10.1. The molecule has 10 heteroatoms. The van der Waals surface area contributed by atoms with Crippen LogP contribution < -0.4 is 21.0 Å². The molecule has 0 amide bonds. The van der Waals surface area contributed by atoms with Crippen LogP contribution in [0.5, 0.6) is 0 Å². The van der Waals surface area contributed by atoms with Crippen molar-refractivity contribution in [2.75, 3.05) is 73.6 Å². The Morgan fingerprint density at radius 3 is 2.10 bits per heavy atom. The highest BCUT2D eigenvalue weighted by Crippen LogP contribution is 2.19. The molecule has 0 spiro atoms. The van der Waals surface area contributed by atoms with Gasteiger partial charge in [0.05, 0.1) is 32.1 Å². The van der Waals surface area contributed by atoms with Crippen molar-refractivity contribution in [3.05, 3.63) is 29.8 Å². The van der Waals surface area contributed by atoms with Gasteiger partial charge in [0.15, 0.2) is 0 Å². The number of aromatic nitrogens is 3. The first kappa shape index (κ1) is 19.3. The molecule has 2 aliphatic rings. The Morgan fingerprint density at radius 1 is 0.966 bits per heavy atom. The van der Waals surface area contributed by atoms with E-state index in [4.69, 9.17) is 20.2 Å². The molecule has 0 radical (unpaired) electrons. The van der Waals surface area contributed by atoms with Crippen molar-refractivity contribution in [3.8, 4) is 0 Å². The number of nitrogens with one attached hydrogen (secondary N) is 1. The van der Waals surface area contributed by atoms with E-state index < -0.39 is 0 Å². The molecule has 0 saturated carbocycles. The third-order valence-electron chi connectivity index (χ3n) is 4.83. The molecule has 0 unspecified atom stereocenters. The molecular weight excluding hydrogens is 372 g/mol. The van der Waals surface area contributed by atoms with E-state index in [2.05, 4.69) is 30.3 Å². The van der Waals surface area contributed by atoms with Gasteiger partial charge in [0, 0.05) is 31.9 Å². The first-order valence-electron chi connectivity index (χ1n) is 9.77. The third-order valence-corrected chi connectivity index (χ3v) is 4.83. The molecule has 2 fully saturated rings. The second kappa shape index (κ2) is 9.01. The Bertz CT molecular complexity index is 827. The maximum Gasteiger partial charge on any atom is 0.250 e. The quantitative estimate of drug-likeness (QED) is 0.432. The van der Waals surface area contributed by atoms with Crippen molar-refractivity contribution in [1.82, 2.24) is 15.0 Å². The first-order valence-corrected chi connectivity index (χ1v) is 9.77. The van der Waals surface area contributed by atoms with Crippen LogP contribution in [-0.4, -0.2) is 73.3 Å². The summed E-state index contributed by atoms with van der Waals surface area (Å²) in [6, 6.07) is 7.59. The highest BCUT2D eigenvalue weighted by Gasteiger charge is 2.20. The number of hydrogen-bond donors (Lipinski definition) is 2. The Morgan fingerprint density at radius 2 is 1.55 bits per heavy atom. The molecule has 2 saturated heterocycles. The largest absolute Gasteiger partial charge is 0.399 e. The van der Waals surface area contributed by atoms with Crippen LogP contribution >= 0.6 is 0 Å². The summed E-state index contributed by atoms with van der Waals surface area (Å²) in [6.07, 6.45) is 0. The number of ether oxygens (including phenoxy) is 2. The summed E-state index contributed by atoms with van der Waals surface area (Å²) in [5.74, 6) is 1.67. The van der Waals surface area contributed by atoms with Gasteiger partial charge in [0.2, 0.25) is 17.8 Å². The molecule has 0 atom stereocenters. The van der Waals surface area contributed by atoms with Gasteiger partial charge in [0.25, 0.3) is 0 Å². The summed E-state index contributed by atoms with van der Waals surface area (Å²) in [4.78, 5) is 18.1. The van der Waals surface area contributed by atoms with Gasteiger partial charge in [-0.2, -0.15) is 20.1 Å². The summed E-state index contributed by atoms with van der Waals surface area (Å²) in [5, 5.41) is 4.45. The normalized spacial score (nSPS) is 18.0. The van der Waals surface area contributed by atoms with Gasteiger partial charge in [0.1, 0.15) is 0 Å². The SMILES string of the molecule is C/C(=N\Nc1nc(N2CCOCC2)nc(N2CCOCC2)n1)c1cccc(N)c1. The number of morpholine rings is 2. The minimum Gasteiger partial charge on any atom is -0.399 e. The molecule has 3 N–H and O–H groups in total. The first-order chi connectivity index (χ1) is 14.2. The van der Waals surface area contributed by atoms with Crippen LogP contribution in [0.15, 0.2) is 29.4 Å². The number of anilines is 4. The molecule has 0 aliphatic carbocycles. The Balaban J connectivity index is 1.59. The number of benzene rings is 1. The lowest BCUT2D eigenvalue weighted by Gasteiger charge is -2.30. The lowest BCUT2D eigenvalue weighted by Crippen LogP contribution is -2.40. The van der Waals surface area contributed by atoms with E-state index in [1.165, 1.54) is 0 Å². The maximum atomic E-state index is 5.87. The molecule has 2 aromatic rings. The molecule has 154 valence electrons. The summed E-state index contributed by atoms with van der Waals surface area (Å²) >= 11 is 0. The Hall–Kier alpha value is -2.98. The predicted molar refractivity (Wildman–Crippen MR) is 113 cm³/mol. The van der Waals surface area contributed by atoms with E-state index in [9.17, 15) is 0 Å². The van der Waals surface area contributed by atoms with E-state index in [1.54, 1.807) is 0 Å². The lowest BCUT2D eigenvalue weighted by molar-refractivity contribution is 0.121. The number of rotatable bonds is 5. The van der Waals surface area contributed by atoms with Crippen molar-refractivity contribution in [3.63, 3.8) is 0 Å². The average molecular weight is 398 g/mol. The standard InChI is InChI=1S/C19H26N8O2/c1-14(15-3-2-4-16(20)13-15)24-25-17-21-18(26-5-9-28-10-6-26)23-19(22-17)27-7-11-29-12-8-27/h2-4,13H,5-12,20H2,1H3,(H,21,22,23,25)/b24-14+. The average Bonchev–Trinajstić information content (AvgIpc) is 2.78. The minimum absolute atomic E-state index is 0.409. The fraction of sp³-hybridized carbons (Fsp3) is 0.474. The van der Waals surface area contributed by atoms with Gasteiger partial charge in [-0.3, -0.25) is 0 Å². The zero-order valence-corrected chi connectivity index (χ0v) is 16.5. The van der Waals surface area contributed by atoms with Crippen LogP contribution in [0.3, 0.4) is 0 Å². The molecule has 4 rings (SSSR count). The summed E-state index contributed by atoms with van der Waals surface area (Å²) < 4.78 is 10.9. The van der Waals surface area contributed by atoms with Crippen LogP contribution in [-0.2, 0) is 9.47 Å². The second-order valence-corrected chi connectivity index (χ2v) is 6.89. The number of hydrazone groups is 1. The van der Waals surface area contributed by atoms with Crippen LogP contribution in [0.1, 0.15) is 12.5 Å². The van der Waals surface area contributed by atoms with Crippen LogP contribution in [0.4, 0.5) is 23.5 Å². The van der Waals surface area contributed by atoms with Crippen molar-refractivity contribution in [1.29, 1.82) is 0 Å². The maximum absolute atomic E-state index is 5.87. The zero-order valence-electron chi connectivity index (χ0n) is 16.5. The molecule has 1 aromatic heterocycles. The summed E-state index contributed by atoms with van der Waals surface area (Å²) in [7, 11) is 0. The zero-order chi connectivity index (χ0) is 20.1. The van der Waals surface area contributed by atoms with Gasteiger partial charge in [-0.05, 0) is 24.6 Å². The van der Waals surface area contributed by atoms with Crippen molar-refractivity contribution >= 4 is 29.2 Å². The number of hydrogen-bond acceptors (Lipinski definition) is 10. The minimum atomic E-state index is 0.409. The van der Waals surface area contributed by atoms with E-state index in [1.807, 2.05) is 31.2 Å². The Labute approximate surface area is 169 Å². The van der Waals surface area contributed by atoms with E-state index in [-0.39, 0.29) is 0 Å². The highest BCUT2D eigenvalue weighted by atomic mass is 16.5. The van der Waals surface area contributed by atoms with Gasteiger partial charge in [-0.1, -0.05) is 12.1 Å². The molecule has 0 bridgehead atoms. The number of nitrogens with two attached hydrogens (primary N) is 1. The second-order valence-electron chi connectivity index (χ2n) is 6.89. The molecule has 29 heavy (non-hydrogen) atoms. The van der Waals surface area contributed by atoms with Crippen LogP contribution in [0.25, 0.3) is 0 Å². The monoisotopic (exact) mass is 398 g/mol. The molecule has 10 nitrogen and oxygen atoms in total.